The van der Waals surface area contributed by atoms with E-state index in [4.69, 9.17) is 9.84 Å². The van der Waals surface area contributed by atoms with E-state index in [1.54, 1.807) is 0 Å². The van der Waals surface area contributed by atoms with Crippen molar-refractivity contribution in [3.8, 4) is 5.75 Å². The Labute approximate surface area is 184 Å². The van der Waals surface area contributed by atoms with Gasteiger partial charge in [-0.05, 0) is 41.8 Å². The molecule has 4 aliphatic heterocycles. The molecule has 4 heterocycles. The van der Waals surface area contributed by atoms with Crippen molar-refractivity contribution in [2.75, 3.05) is 46.2 Å². The first-order chi connectivity index (χ1) is 15.2. The summed E-state index contributed by atoms with van der Waals surface area (Å²) in [5.41, 5.74) is 3.30. The zero-order chi connectivity index (χ0) is 21.1. The summed E-state index contributed by atoms with van der Waals surface area (Å²) in [6.07, 6.45) is 4.07. The fourth-order valence-electron chi connectivity index (χ4n) is 5.15. The zero-order valence-corrected chi connectivity index (χ0v) is 18.3. The maximum absolute atomic E-state index is 5.75. The van der Waals surface area contributed by atoms with Gasteiger partial charge in [0.05, 0.1) is 44.0 Å². The Kier molecular flexibility index (Phi) is 5.85. The molecular formula is C25H31N5O. The van der Waals surface area contributed by atoms with Crippen molar-refractivity contribution in [3.63, 3.8) is 0 Å². The van der Waals surface area contributed by atoms with Crippen LogP contribution >= 0.6 is 0 Å². The highest BCUT2D eigenvalue weighted by Gasteiger charge is 2.51. The Morgan fingerprint density at radius 2 is 1.58 bits per heavy atom. The average molecular weight is 418 g/mol. The highest BCUT2D eigenvalue weighted by atomic mass is 16.5. The van der Waals surface area contributed by atoms with Gasteiger partial charge in [-0.1, -0.05) is 43.7 Å². The molecule has 162 valence electrons. The number of nitrogens with zero attached hydrogens (tertiary/aromatic N) is 5. The summed E-state index contributed by atoms with van der Waals surface area (Å²) >= 11 is 0. The van der Waals surface area contributed by atoms with Crippen molar-refractivity contribution >= 4 is 11.9 Å². The van der Waals surface area contributed by atoms with E-state index >= 15 is 0 Å². The van der Waals surface area contributed by atoms with E-state index in [1.165, 1.54) is 5.56 Å². The molecular weight excluding hydrogens is 386 g/mol. The smallest absolute Gasteiger partial charge is 0.119 e. The van der Waals surface area contributed by atoms with Gasteiger partial charge in [0.15, 0.2) is 0 Å². The van der Waals surface area contributed by atoms with Gasteiger partial charge in [-0.15, -0.1) is 0 Å². The monoisotopic (exact) mass is 417 g/mol. The third kappa shape index (κ3) is 4.42. The lowest BCUT2D eigenvalue weighted by Gasteiger charge is -2.60. The van der Waals surface area contributed by atoms with Crippen LogP contribution in [0.3, 0.4) is 0 Å². The quantitative estimate of drug-likeness (QED) is 0.375. The highest BCUT2D eigenvalue weighted by molar-refractivity contribution is 6.05. The van der Waals surface area contributed by atoms with E-state index < -0.39 is 0 Å². The summed E-state index contributed by atoms with van der Waals surface area (Å²) in [5.74, 6) is 0.907. The van der Waals surface area contributed by atoms with Crippen molar-refractivity contribution in [1.82, 2.24) is 14.7 Å². The van der Waals surface area contributed by atoms with Gasteiger partial charge in [-0.2, -0.15) is 10.2 Å². The van der Waals surface area contributed by atoms with Gasteiger partial charge in [0.1, 0.15) is 5.75 Å². The van der Waals surface area contributed by atoms with E-state index in [-0.39, 0.29) is 5.41 Å². The SMILES string of the molecule is CCCCOc1ccc(/C=N/N=C(\c2ccccc2)C23CN4CN(CN(C4)C2)C3)cc1. The number of ether oxygens (including phenoxy) is 1. The van der Waals surface area contributed by atoms with Crippen molar-refractivity contribution < 1.29 is 4.74 Å². The Bertz CT molecular complexity index is 903. The predicted molar refractivity (Wildman–Crippen MR) is 125 cm³/mol. The van der Waals surface area contributed by atoms with Crippen LogP contribution in [0, 0.1) is 5.41 Å². The normalized spacial score (nSPS) is 29.6. The lowest BCUT2D eigenvalue weighted by molar-refractivity contribution is -0.149. The molecule has 0 spiro atoms. The molecule has 31 heavy (non-hydrogen) atoms. The minimum absolute atomic E-state index is 0.00438. The molecule has 4 bridgehead atoms. The molecule has 6 nitrogen and oxygen atoms in total. The number of hydrogen-bond donors (Lipinski definition) is 0. The molecule has 4 aliphatic rings. The van der Waals surface area contributed by atoms with Crippen LogP contribution < -0.4 is 4.74 Å². The van der Waals surface area contributed by atoms with Crippen LogP contribution in [0.15, 0.2) is 64.8 Å². The van der Waals surface area contributed by atoms with Crippen LogP contribution in [0.4, 0.5) is 0 Å². The fraction of sp³-hybridized carbons (Fsp3) is 0.440. The molecule has 0 amide bonds. The Morgan fingerprint density at radius 1 is 0.935 bits per heavy atom. The van der Waals surface area contributed by atoms with Crippen molar-refractivity contribution in [2.24, 2.45) is 15.6 Å². The van der Waals surface area contributed by atoms with Crippen LogP contribution in [0.5, 0.6) is 5.75 Å². The molecule has 6 rings (SSSR count). The summed E-state index contributed by atoms with van der Waals surface area (Å²) in [4.78, 5) is 7.57. The van der Waals surface area contributed by atoms with Gasteiger partial charge in [0, 0.05) is 19.6 Å². The molecule has 2 aromatic rings. The number of benzene rings is 2. The number of rotatable bonds is 8. The summed E-state index contributed by atoms with van der Waals surface area (Å²) in [6, 6.07) is 18.7. The van der Waals surface area contributed by atoms with Crippen LogP contribution in [0.1, 0.15) is 30.9 Å². The van der Waals surface area contributed by atoms with Crippen LogP contribution in [-0.4, -0.2) is 72.9 Å². The summed E-state index contributed by atoms with van der Waals surface area (Å²) in [7, 11) is 0. The van der Waals surface area contributed by atoms with Gasteiger partial charge in [0.2, 0.25) is 0 Å². The van der Waals surface area contributed by atoms with E-state index in [0.717, 1.165) is 76.1 Å². The maximum Gasteiger partial charge on any atom is 0.119 e. The number of hydrogen-bond acceptors (Lipinski definition) is 6. The second-order valence-electron chi connectivity index (χ2n) is 9.02. The summed E-state index contributed by atoms with van der Waals surface area (Å²) in [6.45, 7) is 9.28. The third-order valence-electron chi connectivity index (χ3n) is 6.34. The largest absolute Gasteiger partial charge is 0.494 e. The molecule has 6 heteroatoms. The van der Waals surface area contributed by atoms with Gasteiger partial charge < -0.3 is 4.74 Å². The molecule has 0 unspecified atom stereocenters. The van der Waals surface area contributed by atoms with Crippen LogP contribution in [-0.2, 0) is 0 Å². The van der Waals surface area contributed by atoms with Gasteiger partial charge in [-0.3, -0.25) is 14.7 Å². The van der Waals surface area contributed by atoms with Crippen LogP contribution in [0.2, 0.25) is 0 Å². The second-order valence-corrected chi connectivity index (χ2v) is 9.02. The molecule has 0 aliphatic carbocycles. The Hall–Kier alpha value is -2.54. The first-order valence-corrected chi connectivity index (χ1v) is 11.3. The van der Waals surface area contributed by atoms with E-state index in [9.17, 15) is 0 Å². The lowest BCUT2D eigenvalue weighted by atomic mass is 9.74. The van der Waals surface area contributed by atoms with E-state index in [2.05, 4.69) is 57.1 Å². The molecule has 0 saturated carbocycles. The van der Waals surface area contributed by atoms with Gasteiger partial charge in [0.25, 0.3) is 0 Å². The number of unbranched alkanes of at least 4 members (excludes halogenated alkanes) is 1. The predicted octanol–water partition coefficient (Wildman–Crippen LogP) is 3.49. The first-order valence-electron chi connectivity index (χ1n) is 11.3. The van der Waals surface area contributed by atoms with Crippen molar-refractivity contribution in [1.29, 1.82) is 0 Å². The Balaban J connectivity index is 1.38. The molecule has 0 radical (unpaired) electrons. The van der Waals surface area contributed by atoms with Crippen molar-refractivity contribution in [3.05, 3.63) is 65.7 Å². The molecule has 2 aromatic carbocycles. The van der Waals surface area contributed by atoms with Gasteiger partial charge >= 0.3 is 0 Å². The average Bonchev–Trinajstić information content (AvgIpc) is 2.77. The first kappa shape index (κ1) is 20.4. The fourth-order valence-corrected chi connectivity index (χ4v) is 5.15. The standard InChI is InChI=1S/C25H31N5O/c1-2-3-13-31-23-11-9-21(10-12-23)14-26-27-24(22-7-5-4-6-8-22)25-15-28-18-29(16-25)20-30(17-25)19-28/h4-12,14H,2-3,13,15-20H2,1H3/b26-14+,27-24+. The summed E-state index contributed by atoms with van der Waals surface area (Å²) in [5, 5.41) is 9.38. The molecule has 0 atom stereocenters. The molecule has 0 N–H and O–H groups in total. The van der Waals surface area contributed by atoms with E-state index in [0.29, 0.717) is 0 Å². The van der Waals surface area contributed by atoms with Crippen molar-refractivity contribution in [2.45, 2.75) is 19.8 Å². The van der Waals surface area contributed by atoms with E-state index in [1.807, 2.05) is 30.5 Å². The lowest BCUT2D eigenvalue weighted by Crippen LogP contribution is -2.74. The second kappa shape index (κ2) is 8.91. The molecule has 4 saturated heterocycles. The third-order valence-corrected chi connectivity index (χ3v) is 6.34. The highest BCUT2D eigenvalue weighted by Crippen LogP contribution is 2.38. The van der Waals surface area contributed by atoms with Crippen LogP contribution in [0.25, 0.3) is 0 Å². The molecule has 4 fully saturated rings. The van der Waals surface area contributed by atoms with Gasteiger partial charge in [-0.25, -0.2) is 0 Å². The topological polar surface area (TPSA) is 43.7 Å². The minimum Gasteiger partial charge on any atom is -0.494 e. The Morgan fingerprint density at radius 3 is 2.19 bits per heavy atom. The zero-order valence-electron chi connectivity index (χ0n) is 18.3. The summed E-state index contributed by atoms with van der Waals surface area (Å²) < 4.78 is 5.75. The molecule has 0 aromatic heterocycles. The minimum atomic E-state index is 0.00438. The maximum atomic E-state index is 5.75.